The number of carbonyl (C=O) groups excluding carboxylic acids is 2. The minimum Gasteiger partial charge on any atom is -0.477 e. The van der Waals surface area contributed by atoms with E-state index in [1.165, 1.54) is 6.07 Å². The highest BCUT2D eigenvalue weighted by Crippen LogP contribution is 2.30. The van der Waals surface area contributed by atoms with Gasteiger partial charge >= 0.3 is 5.97 Å². The van der Waals surface area contributed by atoms with Gasteiger partial charge in [0.2, 0.25) is 5.91 Å². The third-order valence-corrected chi connectivity index (χ3v) is 3.88. The van der Waals surface area contributed by atoms with Crippen molar-refractivity contribution in [3.8, 4) is 0 Å². The van der Waals surface area contributed by atoms with Crippen molar-refractivity contribution in [2.75, 3.05) is 11.2 Å². The van der Waals surface area contributed by atoms with Crippen LogP contribution in [0.4, 0.5) is 5.00 Å². The van der Waals surface area contributed by atoms with E-state index in [-0.39, 0.29) is 27.1 Å². The number of carboxylic acid groups (broad SMARTS) is 1. The van der Waals surface area contributed by atoms with Crippen molar-refractivity contribution in [1.82, 2.24) is 0 Å². The summed E-state index contributed by atoms with van der Waals surface area (Å²) in [6.07, 6.45) is 0. The molecule has 0 fully saturated rings. The van der Waals surface area contributed by atoms with E-state index in [4.69, 9.17) is 16.7 Å². The maximum absolute atomic E-state index is 12.4. The second kappa shape index (κ2) is 6.51. The number of halogens is 1. The number of hydrogen-bond donors (Lipinski definition) is 2. The first-order valence-corrected chi connectivity index (χ1v) is 7.20. The van der Waals surface area contributed by atoms with E-state index in [0.29, 0.717) is 5.56 Å². The number of amides is 1. The fourth-order valence-electron chi connectivity index (χ4n) is 1.66. The van der Waals surface area contributed by atoms with Gasteiger partial charge < -0.3 is 10.4 Å². The zero-order chi connectivity index (χ0) is 15.4. The first-order valence-electron chi connectivity index (χ1n) is 5.85. The number of alkyl halides is 1. The molecule has 108 valence electrons. The molecule has 0 unspecified atom stereocenters. The number of carboxylic acids is 1. The topological polar surface area (TPSA) is 83.5 Å². The van der Waals surface area contributed by atoms with Gasteiger partial charge in [-0.1, -0.05) is 30.3 Å². The fraction of sp³-hybridized carbons (Fsp3) is 0.0714. The standard InChI is InChI=1S/C14H10ClNO4S/c15-7-11(17)16-13-9(6-10(21-13)14(19)20)12(18)8-4-2-1-3-5-8/h1-6H,7H2,(H,16,17)(H,19,20). The summed E-state index contributed by atoms with van der Waals surface area (Å²) in [7, 11) is 0. The molecule has 0 aliphatic heterocycles. The third-order valence-electron chi connectivity index (χ3n) is 2.60. The molecular formula is C14H10ClNO4S. The van der Waals surface area contributed by atoms with Crippen molar-refractivity contribution in [1.29, 1.82) is 0 Å². The zero-order valence-corrected chi connectivity index (χ0v) is 12.2. The molecule has 0 radical (unpaired) electrons. The number of carbonyl (C=O) groups is 3. The van der Waals surface area contributed by atoms with Crippen molar-refractivity contribution in [3.05, 3.63) is 52.4 Å². The zero-order valence-electron chi connectivity index (χ0n) is 10.6. The van der Waals surface area contributed by atoms with E-state index in [1.807, 2.05) is 0 Å². The Bertz CT molecular complexity index is 696. The number of aromatic carboxylic acids is 1. The molecule has 21 heavy (non-hydrogen) atoms. The van der Waals surface area contributed by atoms with Gasteiger partial charge in [0.1, 0.15) is 15.8 Å². The molecule has 2 N–H and O–H groups in total. The van der Waals surface area contributed by atoms with E-state index >= 15 is 0 Å². The number of ketones is 1. The van der Waals surface area contributed by atoms with Gasteiger partial charge in [-0.2, -0.15) is 0 Å². The summed E-state index contributed by atoms with van der Waals surface area (Å²) < 4.78 is 0. The molecule has 0 saturated heterocycles. The monoisotopic (exact) mass is 323 g/mol. The van der Waals surface area contributed by atoms with Gasteiger partial charge in [0.25, 0.3) is 0 Å². The van der Waals surface area contributed by atoms with Gasteiger partial charge in [0.15, 0.2) is 5.78 Å². The number of anilines is 1. The predicted molar refractivity (Wildman–Crippen MR) is 80.5 cm³/mol. The minimum atomic E-state index is -1.16. The molecule has 1 aromatic heterocycles. The Hall–Kier alpha value is -2.18. The lowest BCUT2D eigenvalue weighted by molar-refractivity contribution is -0.113. The molecule has 1 heterocycles. The molecule has 0 aliphatic carbocycles. The van der Waals surface area contributed by atoms with Crippen LogP contribution in [0, 0.1) is 0 Å². The summed E-state index contributed by atoms with van der Waals surface area (Å²) in [6, 6.07) is 9.67. The van der Waals surface area contributed by atoms with Gasteiger partial charge in [0.05, 0.1) is 5.56 Å². The lowest BCUT2D eigenvalue weighted by Crippen LogP contribution is -2.14. The number of rotatable bonds is 5. The van der Waals surface area contributed by atoms with Crippen LogP contribution in [0.1, 0.15) is 25.6 Å². The van der Waals surface area contributed by atoms with Gasteiger partial charge in [-0.05, 0) is 6.07 Å². The van der Waals surface area contributed by atoms with Crippen molar-refractivity contribution >= 4 is 45.6 Å². The molecule has 0 aliphatic rings. The normalized spacial score (nSPS) is 10.1. The number of hydrogen-bond acceptors (Lipinski definition) is 4. The lowest BCUT2D eigenvalue weighted by atomic mass is 10.1. The maximum atomic E-state index is 12.4. The highest BCUT2D eigenvalue weighted by molar-refractivity contribution is 7.18. The highest BCUT2D eigenvalue weighted by Gasteiger charge is 2.21. The van der Waals surface area contributed by atoms with Crippen LogP contribution in [0.3, 0.4) is 0 Å². The van der Waals surface area contributed by atoms with E-state index in [0.717, 1.165) is 11.3 Å². The van der Waals surface area contributed by atoms with E-state index in [9.17, 15) is 14.4 Å². The molecule has 0 spiro atoms. The van der Waals surface area contributed by atoms with E-state index in [2.05, 4.69) is 5.32 Å². The first kappa shape index (κ1) is 15.2. The molecule has 2 aromatic rings. The lowest BCUT2D eigenvalue weighted by Gasteiger charge is -2.04. The molecule has 5 nitrogen and oxygen atoms in total. The predicted octanol–water partition coefficient (Wildman–Crippen LogP) is 2.85. The molecule has 0 atom stereocenters. The summed E-state index contributed by atoms with van der Waals surface area (Å²) in [5.41, 5.74) is 0.552. The highest BCUT2D eigenvalue weighted by atomic mass is 35.5. The minimum absolute atomic E-state index is 0.0286. The van der Waals surface area contributed by atoms with Crippen LogP contribution in [0.2, 0.25) is 0 Å². The van der Waals surface area contributed by atoms with E-state index < -0.39 is 11.9 Å². The average molecular weight is 324 g/mol. The van der Waals surface area contributed by atoms with Crippen molar-refractivity contribution in [2.45, 2.75) is 0 Å². The Kier molecular flexibility index (Phi) is 4.72. The number of thiophene rings is 1. The quantitative estimate of drug-likeness (QED) is 0.654. The van der Waals surface area contributed by atoms with Gasteiger partial charge in [-0.3, -0.25) is 9.59 Å². The Morgan fingerprint density at radius 2 is 1.86 bits per heavy atom. The van der Waals surface area contributed by atoms with Crippen LogP contribution in [0.5, 0.6) is 0 Å². The molecule has 2 rings (SSSR count). The molecule has 0 saturated carbocycles. The number of nitrogens with one attached hydrogen (secondary N) is 1. The molecule has 1 aromatic carbocycles. The van der Waals surface area contributed by atoms with Crippen molar-refractivity contribution < 1.29 is 19.5 Å². The molecule has 1 amide bonds. The molecule has 7 heteroatoms. The SMILES string of the molecule is O=C(CCl)Nc1sc(C(=O)O)cc1C(=O)c1ccccc1. The Morgan fingerprint density at radius 3 is 2.43 bits per heavy atom. The van der Waals surface area contributed by atoms with Crippen molar-refractivity contribution in [3.63, 3.8) is 0 Å². The van der Waals surface area contributed by atoms with Crippen LogP contribution in [-0.4, -0.2) is 28.6 Å². The summed E-state index contributed by atoms with van der Waals surface area (Å²) in [4.78, 5) is 34.8. The van der Waals surface area contributed by atoms with Gasteiger partial charge in [-0.15, -0.1) is 22.9 Å². The second-order valence-electron chi connectivity index (χ2n) is 4.04. The Labute approximate surface area is 129 Å². The van der Waals surface area contributed by atoms with Crippen LogP contribution in [0.25, 0.3) is 0 Å². The summed E-state index contributed by atoms with van der Waals surface area (Å²) in [5.74, 6) is -2.30. The summed E-state index contributed by atoms with van der Waals surface area (Å²) in [5, 5.41) is 11.7. The summed E-state index contributed by atoms with van der Waals surface area (Å²) >= 11 is 6.23. The largest absolute Gasteiger partial charge is 0.477 e. The van der Waals surface area contributed by atoms with Gasteiger partial charge in [0, 0.05) is 5.56 Å². The Balaban J connectivity index is 2.43. The van der Waals surface area contributed by atoms with Gasteiger partial charge in [-0.25, -0.2) is 4.79 Å². The maximum Gasteiger partial charge on any atom is 0.345 e. The Morgan fingerprint density at radius 1 is 1.19 bits per heavy atom. The average Bonchev–Trinajstić information content (AvgIpc) is 2.91. The van der Waals surface area contributed by atoms with E-state index in [1.54, 1.807) is 30.3 Å². The fourth-order valence-corrected chi connectivity index (χ4v) is 2.64. The third kappa shape index (κ3) is 3.48. The number of benzene rings is 1. The first-order chi connectivity index (χ1) is 10.0. The molecular weight excluding hydrogens is 314 g/mol. The smallest absolute Gasteiger partial charge is 0.345 e. The van der Waals surface area contributed by atoms with Crippen LogP contribution in [0.15, 0.2) is 36.4 Å². The van der Waals surface area contributed by atoms with Crippen molar-refractivity contribution in [2.24, 2.45) is 0 Å². The summed E-state index contributed by atoms with van der Waals surface area (Å²) in [6.45, 7) is 0. The van der Waals surface area contributed by atoms with Crippen LogP contribution in [-0.2, 0) is 4.79 Å². The van der Waals surface area contributed by atoms with Crippen LogP contribution >= 0.6 is 22.9 Å². The second-order valence-corrected chi connectivity index (χ2v) is 5.36. The molecule has 0 bridgehead atoms. The van der Waals surface area contributed by atoms with Crippen LogP contribution < -0.4 is 5.32 Å².